The van der Waals surface area contributed by atoms with Gasteiger partial charge < -0.3 is 15.2 Å². The molecule has 1 amide bonds. The van der Waals surface area contributed by atoms with E-state index in [1.807, 2.05) is 6.92 Å². The van der Waals surface area contributed by atoms with Crippen LogP contribution < -0.4 is 20.8 Å². The van der Waals surface area contributed by atoms with Crippen molar-refractivity contribution in [3.8, 4) is 5.69 Å². The van der Waals surface area contributed by atoms with Gasteiger partial charge >= 0.3 is 0 Å². The Balaban J connectivity index is 1.98. The van der Waals surface area contributed by atoms with Gasteiger partial charge in [0.1, 0.15) is 5.82 Å². The second-order valence-electron chi connectivity index (χ2n) is 8.97. The molecule has 200 valence electrons. The molecule has 0 fully saturated rings. The summed E-state index contributed by atoms with van der Waals surface area (Å²) in [6.45, 7) is 9.08. The normalized spacial score (nSPS) is 11.5. The molecule has 0 aliphatic heterocycles. The first-order valence-corrected chi connectivity index (χ1v) is 14.5. The Labute approximate surface area is 224 Å². The maximum Gasteiger partial charge on any atom is 0.261 e. The van der Waals surface area contributed by atoms with Crippen LogP contribution in [0.3, 0.4) is 0 Å². The Kier molecular flexibility index (Phi) is 7.61. The summed E-state index contributed by atoms with van der Waals surface area (Å²) in [5.41, 5.74) is 4.36. The highest BCUT2D eigenvalue weighted by atomic mass is 32.2. The molecule has 0 atom stereocenters. The number of pyridine rings is 1. The van der Waals surface area contributed by atoms with Crippen LogP contribution in [0.5, 0.6) is 0 Å². The van der Waals surface area contributed by atoms with E-state index in [1.54, 1.807) is 62.7 Å². The fourth-order valence-corrected chi connectivity index (χ4v) is 5.88. The van der Waals surface area contributed by atoms with Gasteiger partial charge in [-0.1, -0.05) is 0 Å². The minimum Gasteiger partial charge on any atom is -0.353 e. The van der Waals surface area contributed by atoms with Crippen molar-refractivity contribution in [2.75, 3.05) is 22.3 Å². The van der Waals surface area contributed by atoms with Crippen molar-refractivity contribution in [3.05, 3.63) is 80.2 Å². The predicted molar refractivity (Wildman–Crippen MR) is 152 cm³/mol. The van der Waals surface area contributed by atoms with Gasteiger partial charge in [-0.2, -0.15) is 0 Å². The number of hydrogen-bond acceptors (Lipinski definition) is 6. The molecule has 0 unspecified atom stereocenters. The van der Waals surface area contributed by atoms with E-state index < -0.39 is 10.0 Å². The third-order valence-electron chi connectivity index (χ3n) is 6.09. The minimum atomic E-state index is -3.55. The van der Waals surface area contributed by atoms with Gasteiger partial charge in [-0.05, 0) is 82.1 Å². The zero-order valence-corrected chi connectivity index (χ0v) is 23.4. The first-order chi connectivity index (χ1) is 17.9. The van der Waals surface area contributed by atoms with E-state index in [4.69, 9.17) is 0 Å². The number of halogens is 1. The van der Waals surface area contributed by atoms with Gasteiger partial charge in [-0.25, -0.2) is 12.8 Å². The lowest BCUT2D eigenvalue weighted by Crippen LogP contribution is -2.21. The van der Waals surface area contributed by atoms with Gasteiger partial charge in [0.05, 0.1) is 37.9 Å². The van der Waals surface area contributed by atoms with Crippen LogP contribution in [0.15, 0.2) is 47.4 Å². The number of hydrogen-bond donors (Lipinski definition) is 3. The molecule has 0 saturated heterocycles. The summed E-state index contributed by atoms with van der Waals surface area (Å²) in [5.74, 6) is -0.723. The molecule has 11 heteroatoms. The van der Waals surface area contributed by atoms with Crippen molar-refractivity contribution < 1.29 is 17.6 Å². The maximum absolute atomic E-state index is 14.0. The number of nitrogens with one attached hydrogen (secondary N) is 3. The summed E-state index contributed by atoms with van der Waals surface area (Å²) >= 11 is 1.11. The minimum absolute atomic E-state index is 0.0991. The number of thiophene rings is 1. The zero-order valence-electron chi connectivity index (χ0n) is 21.7. The van der Waals surface area contributed by atoms with Gasteiger partial charge in [0.15, 0.2) is 0 Å². The Morgan fingerprint density at radius 2 is 1.71 bits per heavy atom. The van der Waals surface area contributed by atoms with Crippen LogP contribution in [0.2, 0.25) is 0 Å². The smallest absolute Gasteiger partial charge is 0.261 e. The van der Waals surface area contributed by atoms with E-state index in [1.165, 1.54) is 12.1 Å². The molecule has 4 aromatic rings. The second kappa shape index (κ2) is 10.6. The van der Waals surface area contributed by atoms with Crippen LogP contribution in [-0.2, 0) is 10.0 Å². The molecular formula is C27H29FN4O4S2. The van der Waals surface area contributed by atoms with Gasteiger partial charge in [-0.15, -0.1) is 11.3 Å². The maximum atomic E-state index is 14.0. The van der Waals surface area contributed by atoms with E-state index in [2.05, 4.69) is 15.4 Å². The fourth-order valence-electron chi connectivity index (χ4n) is 4.18. The monoisotopic (exact) mass is 556 g/mol. The fraction of sp³-hybridized carbons (Fsp3) is 0.259. The number of carbonyl (C=O) groups excluding carboxylic acids is 1. The van der Waals surface area contributed by atoms with Gasteiger partial charge in [0, 0.05) is 24.0 Å². The molecule has 2 heterocycles. The number of sulfonamides is 1. The number of aryl methyl sites for hydroxylation is 3. The van der Waals surface area contributed by atoms with Crippen LogP contribution in [-0.4, -0.2) is 31.2 Å². The van der Waals surface area contributed by atoms with Crippen molar-refractivity contribution in [1.82, 2.24) is 9.88 Å². The predicted octanol–water partition coefficient (Wildman–Crippen LogP) is 5.37. The lowest BCUT2D eigenvalue weighted by atomic mass is 10.1. The number of rotatable bonds is 8. The number of amides is 1. The molecule has 0 bridgehead atoms. The Bertz CT molecular complexity index is 1700. The lowest BCUT2D eigenvalue weighted by molar-refractivity contribution is 0.0960. The standard InChI is InChI=1S/C27H29FN4O4S2/c1-6-29-27(34)23-13-22-26(37-23)25(33)17(5)14-32(22)21-12-19(31-38(35,36)7-2)8-9-20(21)30-24-15(3)10-18(28)11-16(24)4/h8-14,30-31H,6-7H2,1-5H3,(H,29,34). The average molecular weight is 557 g/mol. The van der Waals surface area contributed by atoms with E-state index in [9.17, 15) is 22.4 Å². The van der Waals surface area contributed by atoms with E-state index >= 15 is 0 Å². The van der Waals surface area contributed by atoms with Crippen LogP contribution in [0.4, 0.5) is 21.5 Å². The molecule has 2 aromatic heterocycles. The van der Waals surface area contributed by atoms with Crippen molar-refractivity contribution in [1.29, 1.82) is 0 Å². The molecular weight excluding hydrogens is 527 g/mol. The number of anilines is 3. The molecule has 0 spiro atoms. The van der Waals surface area contributed by atoms with Crippen LogP contribution in [0.1, 0.15) is 40.2 Å². The topological polar surface area (TPSA) is 109 Å². The molecule has 3 N–H and O–H groups in total. The number of aromatic nitrogens is 1. The van der Waals surface area contributed by atoms with E-state index in [0.717, 1.165) is 11.3 Å². The highest BCUT2D eigenvalue weighted by Crippen LogP contribution is 2.34. The van der Waals surface area contributed by atoms with Crippen LogP contribution >= 0.6 is 11.3 Å². The van der Waals surface area contributed by atoms with Crippen LogP contribution in [0.25, 0.3) is 15.9 Å². The molecule has 0 aliphatic rings. The molecule has 4 rings (SSSR count). The highest BCUT2D eigenvalue weighted by molar-refractivity contribution is 7.92. The summed E-state index contributed by atoms with van der Waals surface area (Å²) in [4.78, 5) is 26.0. The van der Waals surface area contributed by atoms with Crippen molar-refractivity contribution in [2.45, 2.75) is 34.6 Å². The summed E-state index contributed by atoms with van der Waals surface area (Å²) in [5, 5.41) is 6.13. The number of fused-ring (bicyclic) bond motifs is 1. The largest absolute Gasteiger partial charge is 0.353 e. The lowest BCUT2D eigenvalue weighted by Gasteiger charge is -2.20. The van der Waals surface area contributed by atoms with Crippen molar-refractivity contribution in [2.24, 2.45) is 0 Å². The summed E-state index contributed by atoms with van der Waals surface area (Å²) < 4.78 is 43.3. The van der Waals surface area contributed by atoms with E-state index in [-0.39, 0.29) is 22.9 Å². The zero-order chi connectivity index (χ0) is 27.8. The molecule has 38 heavy (non-hydrogen) atoms. The Morgan fingerprint density at radius 1 is 1.03 bits per heavy atom. The summed E-state index contributed by atoms with van der Waals surface area (Å²) in [6, 6.07) is 9.54. The SMILES string of the molecule is CCNC(=O)c1cc2c(s1)c(=O)c(C)cn2-c1cc(NS(=O)(=O)CC)ccc1Nc1c(C)cc(F)cc1C. The molecule has 0 aliphatic carbocycles. The second-order valence-corrected chi connectivity index (χ2v) is 12.0. The average Bonchev–Trinajstić information content (AvgIpc) is 3.30. The third kappa shape index (κ3) is 5.44. The number of carbonyl (C=O) groups is 1. The highest BCUT2D eigenvalue weighted by Gasteiger charge is 2.19. The summed E-state index contributed by atoms with van der Waals surface area (Å²) in [7, 11) is -3.55. The first kappa shape index (κ1) is 27.3. The van der Waals surface area contributed by atoms with E-state index in [0.29, 0.717) is 61.1 Å². The third-order valence-corrected chi connectivity index (χ3v) is 8.52. The van der Waals surface area contributed by atoms with Gasteiger partial charge in [-0.3, -0.25) is 14.3 Å². The van der Waals surface area contributed by atoms with Gasteiger partial charge in [0.25, 0.3) is 5.91 Å². The Morgan fingerprint density at radius 3 is 2.34 bits per heavy atom. The number of nitrogens with zero attached hydrogens (tertiary/aromatic N) is 1. The Hall–Kier alpha value is -3.70. The molecule has 0 saturated carbocycles. The van der Waals surface area contributed by atoms with Crippen LogP contribution in [0, 0.1) is 26.6 Å². The van der Waals surface area contributed by atoms with Gasteiger partial charge in [0.2, 0.25) is 15.5 Å². The molecule has 8 nitrogen and oxygen atoms in total. The van der Waals surface area contributed by atoms with Crippen molar-refractivity contribution in [3.63, 3.8) is 0 Å². The first-order valence-electron chi connectivity index (χ1n) is 12.1. The van der Waals surface area contributed by atoms with Crippen molar-refractivity contribution >= 4 is 54.5 Å². The quantitative estimate of drug-likeness (QED) is 0.270. The number of benzene rings is 2. The summed E-state index contributed by atoms with van der Waals surface area (Å²) in [6.07, 6.45) is 1.67. The molecule has 2 aromatic carbocycles. The molecule has 0 radical (unpaired) electrons.